The third kappa shape index (κ3) is 5.13. The summed E-state index contributed by atoms with van der Waals surface area (Å²) in [4.78, 5) is 29.2. The predicted molar refractivity (Wildman–Crippen MR) is 122 cm³/mol. The second-order valence-corrected chi connectivity index (χ2v) is 8.33. The van der Waals surface area contributed by atoms with Crippen LogP contribution in [0.5, 0.6) is 11.5 Å². The van der Waals surface area contributed by atoms with Crippen molar-refractivity contribution in [2.75, 3.05) is 45.4 Å². The van der Waals surface area contributed by atoms with E-state index < -0.39 is 11.8 Å². The summed E-state index contributed by atoms with van der Waals surface area (Å²) in [6.45, 7) is 2.81. The minimum absolute atomic E-state index is 0.0410. The van der Waals surface area contributed by atoms with Crippen LogP contribution in [-0.4, -0.2) is 57.2 Å². The molecule has 2 aliphatic rings. The van der Waals surface area contributed by atoms with E-state index >= 15 is 0 Å². The molecule has 2 N–H and O–H groups in total. The van der Waals surface area contributed by atoms with Gasteiger partial charge in [0.05, 0.1) is 6.04 Å². The largest absolute Gasteiger partial charge is 0.454 e. The topological polar surface area (TPSA) is 83.1 Å². The summed E-state index contributed by atoms with van der Waals surface area (Å²) in [7, 11) is 4.02. The quantitative estimate of drug-likeness (QED) is 0.644. The number of hydrogen-bond acceptors (Lipinski definition) is 6. The Balaban J connectivity index is 1.33. The van der Waals surface area contributed by atoms with Gasteiger partial charge in [-0.05, 0) is 61.3 Å². The summed E-state index contributed by atoms with van der Waals surface area (Å²) >= 11 is 0. The smallest absolute Gasteiger partial charge is 0.309 e. The van der Waals surface area contributed by atoms with Crippen molar-refractivity contribution in [1.82, 2.24) is 15.5 Å². The number of rotatable bonds is 7. The predicted octanol–water partition coefficient (Wildman–Crippen LogP) is 2.05. The number of carbonyl (C=O) groups is 2. The van der Waals surface area contributed by atoms with E-state index in [1.807, 2.05) is 20.2 Å². The normalized spacial score (nSPS) is 15.9. The number of nitrogens with zero attached hydrogens (tertiary/aromatic N) is 2. The van der Waals surface area contributed by atoms with E-state index in [4.69, 9.17) is 9.47 Å². The van der Waals surface area contributed by atoms with Crippen LogP contribution < -0.4 is 25.0 Å². The number of anilines is 1. The van der Waals surface area contributed by atoms with Crippen molar-refractivity contribution >= 4 is 17.5 Å². The number of hydrogen-bond donors (Lipinski definition) is 2. The first kappa shape index (κ1) is 22.0. The monoisotopic (exact) mass is 438 g/mol. The maximum Gasteiger partial charge on any atom is 0.309 e. The lowest BCUT2D eigenvalue weighted by molar-refractivity contribution is -0.139. The Morgan fingerprint density at radius 3 is 2.38 bits per heavy atom. The van der Waals surface area contributed by atoms with E-state index in [1.165, 1.54) is 0 Å². The molecule has 0 saturated carbocycles. The van der Waals surface area contributed by atoms with Crippen LogP contribution in [0.1, 0.15) is 30.0 Å². The van der Waals surface area contributed by atoms with E-state index in [0.29, 0.717) is 18.0 Å². The number of nitrogens with one attached hydrogen (secondary N) is 2. The second kappa shape index (κ2) is 9.91. The van der Waals surface area contributed by atoms with E-state index in [2.05, 4.69) is 44.7 Å². The second-order valence-electron chi connectivity index (χ2n) is 8.33. The molecule has 170 valence electrons. The summed E-state index contributed by atoms with van der Waals surface area (Å²) in [6, 6.07) is 13.9. The van der Waals surface area contributed by atoms with E-state index in [1.54, 1.807) is 12.1 Å². The molecule has 0 aromatic heterocycles. The van der Waals surface area contributed by atoms with Crippen LogP contribution >= 0.6 is 0 Å². The van der Waals surface area contributed by atoms with Gasteiger partial charge in [-0.1, -0.05) is 18.2 Å². The molecule has 2 aliphatic heterocycles. The van der Waals surface area contributed by atoms with E-state index in [-0.39, 0.29) is 19.4 Å². The standard InChI is InChI=1S/C24H30N4O4/c1-27(2)19-8-6-18(7-9-19)20(28-11-3-4-12-28)15-26-24(30)23(29)25-14-17-5-10-21-22(13-17)32-16-31-21/h5-10,13,20H,3-4,11-12,14-16H2,1-2H3,(H,25,29)(H,26,30)/t20-/m0/s1. The highest BCUT2D eigenvalue weighted by molar-refractivity contribution is 6.35. The summed E-state index contributed by atoms with van der Waals surface area (Å²) in [5.41, 5.74) is 3.10. The van der Waals surface area contributed by atoms with Gasteiger partial charge in [0.2, 0.25) is 6.79 Å². The van der Waals surface area contributed by atoms with Crippen LogP contribution in [0, 0.1) is 0 Å². The maximum atomic E-state index is 12.5. The molecule has 8 nitrogen and oxygen atoms in total. The SMILES string of the molecule is CN(C)c1ccc([C@H](CNC(=O)C(=O)NCc2ccc3c(c2)OCO3)N2CCCC2)cc1. The molecular weight excluding hydrogens is 408 g/mol. The van der Waals surface area contributed by atoms with E-state index in [9.17, 15) is 9.59 Å². The highest BCUT2D eigenvalue weighted by Crippen LogP contribution is 2.32. The molecule has 32 heavy (non-hydrogen) atoms. The molecule has 2 heterocycles. The Hall–Kier alpha value is -3.26. The zero-order valence-corrected chi connectivity index (χ0v) is 18.6. The van der Waals surface area contributed by atoms with Gasteiger partial charge in [-0.2, -0.15) is 0 Å². The summed E-state index contributed by atoms with van der Waals surface area (Å²) < 4.78 is 10.6. The summed E-state index contributed by atoms with van der Waals surface area (Å²) in [5, 5.41) is 5.50. The Morgan fingerprint density at radius 2 is 1.66 bits per heavy atom. The average Bonchev–Trinajstić information content (AvgIpc) is 3.49. The first-order valence-corrected chi connectivity index (χ1v) is 11.0. The molecule has 2 aromatic rings. The number of likely N-dealkylation sites (tertiary alicyclic amines) is 1. The number of ether oxygens (including phenoxy) is 2. The molecule has 0 bridgehead atoms. The minimum Gasteiger partial charge on any atom is -0.454 e. The fourth-order valence-electron chi connectivity index (χ4n) is 4.09. The van der Waals surface area contributed by atoms with Crippen molar-refractivity contribution in [3.05, 3.63) is 53.6 Å². The molecule has 0 spiro atoms. The van der Waals surface area contributed by atoms with Gasteiger partial charge in [-0.15, -0.1) is 0 Å². The average molecular weight is 439 g/mol. The Kier molecular flexibility index (Phi) is 6.80. The first-order valence-electron chi connectivity index (χ1n) is 11.0. The van der Waals surface area contributed by atoms with Crippen molar-refractivity contribution in [3.63, 3.8) is 0 Å². The van der Waals surface area contributed by atoms with Crippen molar-refractivity contribution in [1.29, 1.82) is 0 Å². The van der Waals surface area contributed by atoms with Crippen LogP contribution in [0.4, 0.5) is 5.69 Å². The van der Waals surface area contributed by atoms with Crippen LogP contribution in [0.15, 0.2) is 42.5 Å². The van der Waals surface area contributed by atoms with E-state index in [0.717, 1.165) is 42.7 Å². The third-order valence-electron chi connectivity index (χ3n) is 5.93. The van der Waals surface area contributed by atoms with Crippen molar-refractivity contribution < 1.29 is 19.1 Å². The van der Waals surface area contributed by atoms with Gasteiger partial charge in [0.1, 0.15) is 0 Å². The molecule has 2 aromatic carbocycles. The zero-order chi connectivity index (χ0) is 22.5. The first-order chi connectivity index (χ1) is 15.5. The molecule has 0 radical (unpaired) electrons. The summed E-state index contributed by atoms with van der Waals surface area (Å²) in [5.74, 6) is 0.0602. The molecule has 1 saturated heterocycles. The molecular formula is C24H30N4O4. The van der Waals surface area contributed by atoms with Gasteiger partial charge in [-0.3, -0.25) is 14.5 Å². The molecule has 8 heteroatoms. The summed E-state index contributed by atoms with van der Waals surface area (Å²) in [6.07, 6.45) is 2.30. The molecule has 0 aliphatic carbocycles. The maximum absolute atomic E-state index is 12.5. The molecule has 2 amide bonds. The Morgan fingerprint density at radius 1 is 0.969 bits per heavy atom. The highest BCUT2D eigenvalue weighted by atomic mass is 16.7. The lowest BCUT2D eigenvalue weighted by Gasteiger charge is -2.28. The zero-order valence-electron chi connectivity index (χ0n) is 18.6. The van der Waals surface area contributed by atoms with Gasteiger partial charge in [0, 0.05) is 32.9 Å². The molecule has 0 unspecified atom stereocenters. The van der Waals surface area contributed by atoms with Gasteiger partial charge in [-0.25, -0.2) is 0 Å². The lowest BCUT2D eigenvalue weighted by atomic mass is 10.0. The minimum atomic E-state index is -0.647. The van der Waals surface area contributed by atoms with Crippen molar-refractivity contribution in [2.45, 2.75) is 25.4 Å². The van der Waals surface area contributed by atoms with Gasteiger partial charge in [0.15, 0.2) is 11.5 Å². The third-order valence-corrected chi connectivity index (χ3v) is 5.93. The number of carbonyl (C=O) groups excluding carboxylic acids is 2. The number of benzene rings is 2. The fourth-order valence-corrected chi connectivity index (χ4v) is 4.09. The fraction of sp³-hybridized carbons (Fsp3) is 0.417. The molecule has 4 rings (SSSR count). The van der Waals surface area contributed by atoms with Crippen LogP contribution in [0.3, 0.4) is 0 Å². The van der Waals surface area contributed by atoms with Crippen LogP contribution in [0.2, 0.25) is 0 Å². The van der Waals surface area contributed by atoms with Crippen LogP contribution in [-0.2, 0) is 16.1 Å². The number of fused-ring (bicyclic) bond motifs is 1. The van der Waals surface area contributed by atoms with Crippen molar-refractivity contribution in [2.24, 2.45) is 0 Å². The van der Waals surface area contributed by atoms with Gasteiger partial charge >= 0.3 is 11.8 Å². The Labute approximate surface area is 188 Å². The van der Waals surface area contributed by atoms with Crippen LogP contribution in [0.25, 0.3) is 0 Å². The lowest BCUT2D eigenvalue weighted by Crippen LogP contribution is -2.43. The molecule has 1 atom stereocenters. The molecule has 1 fully saturated rings. The Bertz CT molecular complexity index is 955. The highest BCUT2D eigenvalue weighted by Gasteiger charge is 2.25. The van der Waals surface area contributed by atoms with Crippen molar-refractivity contribution in [3.8, 4) is 11.5 Å². The number of amides is 2. The van der Waals surface area contributed by atoms with Gasteiger partial charge in [0.25, 0.3) is 0 Å². The van der Waals surface area contributed by atoms with Gasteiger partial charge < -0.3 is 25.0 Å².